The third-order valence-electron chi connectivity index (χ3n) is 2.98. The minimum absolute atomic E-state index is 0.195. The van der Waals surface area contributed by atoms with E-state index in [4.69, 9.17) is 9.52 Å². The summed E-state index contributed by atoms with van der Waals surface area (Å²) in [6, 6.07) is 0.427. The molecule has 2 rings (SSSR count). The summed E-state index contributed by atoms with van der Waals surface area (Å²) in [6.07, 6.45) is 5.62. The van der Waals surface area contributed by atoms with Crippen molar-refractivity contribution in [2.45, 2.75) is 31.7 Å². The van der Waals surface area contributed by atoms with Gasteiger partial charge >= 0.3 is 0 Å². The van der Waals surface area contributed by atoms with Gasteiger partial charge in [-0.3, -0.25) is 4.90 Å². The molecular formula is C11H18N2O2. The van der Waals surface area contributed by atoms with E-state index in [1.165, 1.54) is 12.8 Å². The van der Waals surface area contributed by atoms with Crippen LogP contribution in [0.15, 0.2) is 10.7 Å². The second-order valence-corrected chi connectivity index (χ2v) is 4.13. The van der Waals surface area contributed by atoms with E-state index in [2.05, 4.69) is 16.9 Å². The summed E-state index contributed by atoms with van der Waals surface area (Å²) < 4.78 is 5.38. The zero-order chi connectivity index (χ0) is 10.7. The number of likely N-dealkylation sites (tertiary alicyclic amines) is 1. The van der Waals surface area contributed by atoms with Gasteiger partial charge < -0.3 is 9.52 Å². The Morgan fingerprint density at radius 2 is 2.53 bits per heavy atom. The summed E-state index contributed by atoms with van der Waals surface area (Å²) in [5.74, 6) is 0.749. The van der Waals surface area contributed by atoms with Crippen LogP contribution in [-0.4, -0.2) is 35.2 Å². The molecule has 15 heavy (non-hydrogen) atoms. The number of aliphatic hydroxyl groups is 1. The monoisotopic (exact) mass is 210 g/mol. The Balaban J connectivity index is 1.99. The average Bonchev–Trinajstić information content (AvgIpc) is 2.83. The maximum atomic E-state index is 8.71. The highest BCUT2D eigenvalue weighted by Crippen LogP contribution is 2.29. The van der Waals surface area contributed by atoms with Gasteiger partial charge in [-0.2, -0.15) is 0 Å². The van der Waals surface area contributed by atoms with E-state index < -0.39 is 0 Å². The molecule has 84 valence electrons. The van der Waals surface area contributed by atoms with Crippen LogP contribution in [0.5, 0.6) is 0 Å². The number of aliphatic hydroxyl groups excluding tert-OH is 1. The Morgan fingerprint density at radius 1 is 1.67 bits per heavy atom. The predicted molar refractivity (Wildman–Crippen MR) is 56.5 cm³/mol. The largest absolute Gasteiger partial charge is 0.449 e. The van der Waals surface area contributed by atoms with Gasteiger partial charge in [0.2, 0.25) is 0 Å². The lowest BCUT2D eigenvalue weighted by Crippen LogP contribution is -2.17. The minimum Gasteiger partial charge on any atom is -0.449 e. The standard InChI is InChI=1S/C11H18N2O2/c1-13-6-2-4-10(13)9-8-15-11(12-9)5-3-7-14/h8,10,14H,2-7H2,1H3. The molecule has 0 spiro atoms. The van der Waals surface area contributed by atoms with Gasteiger partial charge in [0.05, 0.1) is 11.7 Å². The summed E-state index contributed by atoms with van der Waals surface area (Å²) in [5, 5.41) is 8.71. The van der Waals surface area contributed by atoms with Crippen LogP contribution in [0.25, 0.3) is 0 Å². The molecule has 0 aromatic carbocycles. The topological polar surface area (TPSA) is 49.5 Å². The molecule has 4 heteroatoms. The zero-order valence-electron chi connectivity index (χ0n) is 9.15. The minimum atomic E-state index is 0.195. The van der Waals surface area contributed by atoms with Crippen LogP contribution in [0.1, 0.15) is 36.9 Å². The second kappa shape index (κ2) is 4.77. The van der Waals surface area contributed by atoms with Crippen LogP contribution in [-0.2, 0) is 6.42 Å². The number of hydrogen-bond donors (Lipinski definition) is 1. The number of nitrogens with zero attached hydrogens (tertiary/aromatic N) is 2. The highest BCUT2D eigenvalue weighted by atomic mass is 16.3. The summed E-state index contributed by atoms with van der Waals surface area (Å²) in [7, 11) is 2.12. The molecule has 0 amide bonds. The lowest BCUT2D eigenvalue weighted by atomic mass is 10.2. The Morgan fingerprint density at radius 3 is 3.20 bits per heavy atom. The number of aryl methyl sites for hydroxylation is 1. The fraction of sp³-hybridized carbons (Fsp3) is 0.727. The fourth-order valence-electron chi connectivity index (χ4n) is 2.11. The maximum absolute atomic E-state index is 8.71. The number of hydrogen-bond acceptors (Lipinski definition) is 4. The van der Waals surface area contributed by atoms with Crippen LogP contribution < -0.4 is 0 Å². The van der Waals surface area contributed by atoms with Crippen LogP contribution in [0, 0.1) is 0 Å². The van der Waals surface area contributed by atoms with Crippen molar-refractivity contribution < 1.29 is 9.52 Å². The molecule has 0 bridgehead atoms. The van der Waals surface area contributed by atoms with Gasteiger partial charge in [0.1, 0.15) is 6.26 Å². The highest BCUT2D eigenvalue weighted by molar-refractivity contribution is 5.05. The normalized spacial score (nSPS) is 22.4. The molecule has 1 saturated heterocycles. The molecule has 0 saturated carbocycles. The Kier molecular flexibility index (Phi) is 3.38. The second-order valence-electron chi connectivity index (χ2n) is 4.13. The van der Waals surface area contributed by atoms with Crippen molar-refractivity contribution >= 4 is 0 Å². The molecule has 2 heterocycles. The third kappa shape index (κ3) is 2.38. The molecule has 1 aromatic heterocycles. The molecular weight excluding hydrogens is 192 g/mol. The van der Waals surface area contributed by atoms with E-state index in [-0.39, 0.29) is 6.61 Å². The van der Waals surface area contributed by atoms with E-state index >= 15 is 0 Å². The van der Waals surface area contributed by atoms with E-state index in [1.54, 1.807) is 6.26 Å². The van der Waals surface area contributed by atoms with Gasteiger partial charge in [0.25, 0.3) is 0 Å². The van der Waals surface area contributed by atoms with Crippen molar-refractivity contribution in [1.29, 1.82) is 0 Å². The van der Waals surface area contributed by atoms with Crippen molar-refractivity contribution in [3.63, 3.8) is 0 Å². The quantitative estimate of drug-likeness (QED) is 0.815. The fourth-order valence-corrected chi connectivity index (χ4v) is 2.11. The summed E-state index contributed by atoms with van der Waals surface area (Å²) in [6.45, 7) is 1.34. The van der Waals surface area contributed by atoms with Crippen molar-refractivity contribution in [3.8, 4) is 0 Å². The molecule has 1 N–H and O–H groups in total. The Bertz CT molecular complexity index is 311. The van der Waals surface area contributed by atoms with Gasteiger partial charge in [-0.25, -0.2) is 4.98 Å². The average molecular weight is 210 g/mol. The van der Waals surface area contributed by atoms with Crippen molar-refractivity contribution in [2.75, 3.05) is 20.2 Å². The smallest absolute Gasteiger partial charge is 0.194 e. The molecule has 4 nitrogen and oxygen atoms in total. The van der Waals surface area contributed by atoms with Crippen LogP contribution in [0.3, 0.4) is 0 Å². The molecule has 1 aliphatic heterocycles. The third-order valence-corrected chi connectivity index (χ3v) is 2.98. The van der Waals surface area contributed by atoms with Gasteiger partial charge in [0.15, 0.2) is 5.89 Å². The first-order valence-corrected chi connectivity index (χ1v) is 5.56. The molecule has 1 aliphatic rings. The molecule has 1 fully saturated rings. The molecule has 0 aliphatic carbocycles. The number of aromatic nitrogens is 1. The molecule has 0 radical (unpaired) electrons. The van der Waals surface area contributed by atoms with Gasteiger partial charge in [0, 0.05) is 13.0 Å². The van der Waals surface area contributed by atoms with Crippen LogP contribution in [0.2, 0.25) is 0 Å². The summed E-state index contributed by atoms with van der Waals surface area (Å²) in [4.78, 5) is 6.77. The first-order valence-electron chi connectivity index (χ1n) is 5.56. The van der Waals surface area contributed by atoms with Gasteiger partial charge in [-0.15, -0.1) is 0 Å². The van der Waals surface area contributed by atoms with Crippen molar-refractivity contribution in [1.82, 2.24) is 9.88 Å². The van der Waals surface area contributed by atoms with Crippen molar-refractivity contribution in [2.24, 2.45) is 0 Å². The highest BCUT2D eigenvalue weighted by Gasteiger charge is 2.25. The van der Waals surface area contributed by atoms with Crippen LogP contribution >= 0.6 is 0 Å². The van der Waals surface area contributed by atoms with Crippen LogP contribution in [0.4, 0.5) is 0 Å². The Labute approximate surface area is 89.9 Å². The number of oxazole rings is 1. The maximum Gasteiger partial charge on any atom is 0.194 e. The summed E-state index contributed by atoms with van der Waals surface area (Å²) in [5.41, 5.74) is 1.04. The first kappa shape index (κ1) is 10.6. The van der Waals surface area contributed by atoms with Gasteiger partial charge in [-0.1, -0.05) is 0 Å². The lowest BCUT2D eigenvalue weighted by molar-refractivity contribution is 0.283. The predicted octanol–water partition coefficient (Wildman–Crippen LogP) is 1.37. The SMILES string of the molecule is CN1CCCC1c1coc(CCCO)n1. The molecule has 1 unspecified atom stereocenters. The lowest BCUT2D eigenvalue weighted by Gasteiger charge is -2.15. The van der Waals surface area contributed by atoms with E-state index in [0.717, 1.165) is 31.0 Å². The molecule has 1 aromatic rings. The summed E-state index contributed by atoms with van der Waals surface area (Å²) >= 11 is 0. The first-order chi connectivity index (χ1) is 7.31. The van der Waals surface area contributed by atoms with Gasteiger partial charge in [-0.05, 0) is 32.9 Å². The zero-order valence-corrected chi connectivity index (χ0v) is 9.15. The van der Waals surface area contributed by atoms with Crippen molar-refractivity contribution in [3.05, 3.63) is 17.8 Å². The molecule has 1 atom stereocenters. The Hall–Kier alpha value is -0.870. The van der Waals surface area contributed by atoms with E-state index in [0.29, 0.717) is 6.04 Å². The van der Waals surface area contributed by atoms with E-state index in [9.17, 15) is 0 Å². The number of rotatable bonds is 4. The van der Waals surface area contributed by atoms with E-state index in [1.807, 2.05) is 0 Å².